The lowest BCUT2D eigenvalue weighted by Crippen LogP contribution is -2.47. The number of rotatable bonds is 1. The summed E-state index contributed by atoms with van der Waals surface area (Å²) in [5, 5.41) is 23.6. The highest BCUT2D eigenvalue weighted by Crippen LogP contribution is 2.70. The zero-order chi connectivity index (χ0) is 11.5. The number of oxime groups is 1. The predicted octanol–water partition coefficient (Wildman–Crippen LogP) is 0.783. The first kappa shape index (κ1) is 10.5. The van der Waals surface area contributed by atoms with Crippen molar-refractivity contribution in [2.75, 3.05) is 0 Å². The highest BCUT2D eigenvalue weighted by atomic mass is 16.4. The molecule has 0 heterocycles. The Kier molecular flexibility index (Phi) is 1.77. The average Bonchev–Trinajstić information content (AvgIpc) is 2.46. The number of carbonyl (C=O) groups is 1. The zero-order valence-electron chi connectivity index (χ0n) is 9.33. The van der Waals surface area contributed by atoms with Crippen LogP contribution >= 0.6 is 0 Å². The summed E-state index contributed by atoms with van der Waals surface area (Å²) in [6.45, 7) is 5.86. The van der Waals surface area contributed by atoms with E-state index in [1.54, 1.807) is 0 Å². The lowest BCUT2D eigenvalue weighted by Gasteiger charge is -2.40. The van der Waals surface area contributed by atoms with Crippen LogP contribution in [0.15, 0.2) is 5.16 Å². The molecule has 0 aromatic heterocycles. The van der Waals surface area contributed by atoms with E-state index in [1.807, 2.05) is 20.8 Å². The summed E-state index contributed by atoms with van der Waals surface area (Å²) < 4.78 is 0. The molecule has 0 amide bonds. The monoisotopic (exact) mass is 210 g/mol. The van der Waals surface area contributed by atoms with Crippen molar-refractivity contribution in [3.05, 3.63) is 0 Å². The summed E-state index contributed by atoms with van der Waals surface area (Å²) in [4.78, 5) is 11.4. The van der Waals surface area contributed by atoms with Crippen LogP contribution < -0.4 is 5.11 Å². The van der Waals surface area contributed by atoms with Crippen LogP contribution in [0.1, 0.15) is 40.0 Å². The van der Waals surface area contributed by atoms with Crippen molar-refractivity contribution in [1.82, 2.24) is 0 Å². The molecule has 2 fully saturated rings. The fraction of sp³-hybridized carbons (Fsp3) is 0.818. The fourth-order valence-corrected chi connectivity index (χ4v) is 3.49. The van der Waals surface area contributed by atoms with Gasteiger partial charge in [-0.15, -0.1) is 0 Å². The maximum Gasteiger partial charge on any atom is 0.0644 e. The Bertz CT molecular complexity index is 361. The minimum Gasteiger partial charge on any atom is -0.550 e. The van der Waals surface area contributed by atoms with Gasteiger partial charge in [0.1, 0.15) is 0 Å². The van der Waals surface area contributed by atoms with Crippen LogP contribution in [-0.4, -0.2) is 16.9 Å². The molecule has 0 aliphatic heterocycles. The van der Waals surface area contributed by atoms with Gasteiger partial charge in [0.2, 0.25) is 0 Å². The van der Waals surface area contributed by atoms with Crippen LogP contribution in [0.2, 0.25) is 0 Å². The molecule has 4 nitrogen and oxygen atoms in total. The summed E-state index contributed by atoms with van der Waals surface area (Å²) in [7, 11) is 0. The summed E-state index contributed by atoms with van der Waals surface area (Å²) in [5.41, 5.74) is -0.936. The van der Waals surface area contributed by atoms with Crippen molar-refractivity contribution in [2.24, 2.45) is 21.4 Å². The smallest absolute Gasteiger partial charge is 0.0644 e. The van der Waals surface area contributed by atoms with Crippen molar-refractivity contribution >= 4 is 11.7 Å². The summed E-state index contributed by atoms with van der Waals surface area (Å²) in [6, 6.07) is 0. The summed E-state index contributed by atoms with van der Waals surface area (Å²) in [6.07, 6.45) is 1.71. The zero-order valence-corrected chi connectivity index (χ0v) is 9.33. The van der Waals surface area contributed by atoms with E-state index in [-0.39, 0.29) is 5.41 Å². The van der Waals surface area contributed by atoms with Crippen LogP contribution in [0.3, 0.4) is 0 Å². The molecule has 2 rings (SSSR count). The number of hydrogen-bond acceptors (Lipinski definition) is 4. The molecule has 0 aromatic rings. The quantitative estimate of drug-likeness (QED) is 0.513. The number of aliphatic carboxylic acids is 1. The molecular formula is C11H16NO3-. The third kappa shape index (κ3) is 0.840. The first-order valence-corrected chi connectivity index (χ1v) is 5.25. The Morgan fingerprint density at radius 1 is 1.40 bits per heavy atom. The molecule has 2 saturated carbocycles. The molecule has 2 aliphatic rings. The molecular weight excluding hydrogens is 194 g/mol. The molecule has 0 unspecified atom stereocenters. The number of carbonyl (C=O) groups excluding carboxylic acids is 1. The highest BCUT2D eigenvalue weighted by molar-refractivity contribution is 6.00. The normalized spacial score (nSPS) is 44.9. The van der Waals surface area contributed by atoms with Gasteiger partial charge < -0.3 is 15.1 Å². The van der Waals surface area contributed by atoms with E-state index >= 15 is 0 Å². The molecule has 84 valence electrons. The van der Waals surface area contributed by atoms with Gasteiger partial charge in [-0.3, -0.25) is 0 Å². The lowest BCUT2D eigenvalue weighted by atomic mass is 9.65. The van der Waals surface area contributed by atoms with E-state index in [0.717, 1.165) is 6.42 Å². The van der Waals surface area contributed by atoms with Crippen molar-refractivity contribution < 1.29 is 15.1 Å². The predicted molar refractivity (Wildman–Crippen MR) is 52.4 cm³/mol. The molecule has 0 aromatic carbocycles. The molecule has 2 aliphatic carbocycles. The number of carboxylic acids is 1. The lowest BCUT2D eigenvalue weighted by molar-refractivity contribution is -0.323. The van der Waals surface area contributed by atoms with Gasteiger partial charge in [0.05, 0.1) is 5.71 Å². The maximum absolute atomic E-state index is 11.4. The SMILES string of the molecule is CC1(C)[C@@]2(C(=O)[O-])CC[C@@]1(C)/C(=N\O)C2. The Balaban J connectivity index is 2.61. The topological polar surface area (TPSA) is 72.7 Å². The van der Waals surface area contributed by atoms with E-state index < -0.39 is 16.8 Å². The fourth-order valence-electron chi connectivity index (χ4n) is 3.49. The largest absolute Gasteiger partial charge is 0.550 e. The Morgan fingerprint density at radius 2 is 2.00 bits per heavy atom. The second-order valence-electron chi connectivity index (χ2n) is 5.55. The minimum atomic E-state index is -1.00. The summed E-state index contributed by atoms with van der Waals surface area (Å²) in [5.74, 6) is -1.00. The second-order valence-corrected chi connectivity index (χ2v) is 5.55. The number of hydrogen-bond donors (Lipinski definition) is 1. The van der Waals surface area contributed by atoms with Gasteiger partial charge in [-0.1, -0.05) is 25.9 Å². The maximum atomic E-state index is 11.4. The second kappa shape index (κ2) is 2.54. The van der Waals surface area contributed by atoms with Gasteiger partial charge in [0.15, 0.2) is 0 Å². The van der Waals surface area contributed by atoms with Crippen molar-refractivity contribution in [1.29, 1.82) is 0 Å². The van der Waals surface area contributed by atoms with Gasteiger partial charge in [-0.2, -0.15) is 0 Å². The third-order valence-corrected chi connectivity index (χ3v) is 5.25. The third-order valence-electron chi connectivity index (χ3n) is 5.25. The first-order chi connectivity index (χ1) is 6.82. The van der Waals surface area contributed by atoms with Crippen LogP contribution in [0.4, 0.5) is 0 Å². The van der Waals surface area contributed by atoms with Crippen molar-refractivity contribution in [3.63, 3.8) is 0 Å². The van der Waals surface area contributed by atoms with Gasteiger partial charge in [-0.25, -0.2) is 0 Å². The van der Waals surface area contributed by atoms with Crippen LogP contribution in [0.5, 0.6) is 0 Å². The van der Waals surface area contributed by atoms with Crippen LogP contribution in [0.25, 0.3) is 0 Å². The standard InChI is InChI=1S/C11H17NO3/c1-9(2)10(3)4-5-11(9,8(13)14)6-7(10)12-15/h15H,4-6H2,1-3H3,(H,13,14)/p-1/b12-7-/t10-,11-/m0/s1. The molecule has 2 atom stereocenters. The van der Waals surface area contributed by atoms with E-state index in [2.05, 4.69) is 5.16 Å². The van der Waals surface area contributed by atoms with Crippen molar-refractivity contribution in [2.45, 2.75) is 40.0 Å². The Morgan fingerprint density at radius 3 is 2.33 bits per heavy atom. The molecule has 15 heavy (non-hydrogen) atoms. The van der Waals surface area contributed by atoms with Gasteiger partial charge in [0.25, 0.3) is 0 Å². The molecule has 2 bridgehead atoms. The first-order valence-electron chi connectivity index (χ1n) is 5.25. The van der Waals surface area contributed by atoms with E-state index in [4.69, 9.17) is 5.21 Å². The molecule has 0 saturated heterocycles. The van der Waals surface area contributed by atoms with E-state index in [9.17, 15) is 9.90 Å². The van der Waals surface area contributed by atoms with Crippen molar-refractivity contribution in [3.8, 4) is 0 Å². The number of carboxylic acid groups (broad SMARTS) is 1. The van der Waals surface area contributed by atoms with Crippen LogP contribution in [0, 0.1) is 16.2 Å². The van der Waals surface area contributed by atoms with E-state index in [0.29, 0.717) is 18.6 Å². The average molecular weight is 210 g/mol. The Hall–Kier alpha value is -1.06. The van der Waals surface area contributed by atoms with Gasteiger partial charge >= 0.3 is 0 Å². The van der Waals surface area contributed by atoms with E-state index in [1.165, 1.54) is 0 Å². The molecule has 0 spiro atoms. The molecule has 4 heteroatoms. The number of fused-ring (bicyclic) bond motifs is 2. The number of nitrogens with zero attached hydrogens (tertiary/aromatic N) is 1. The molecule has 1 N–H and O–H groups in total. The van der Waals surface area contributed by atoms with Crippen LogP contribution in [-0.2, 0) is 4.79 Å². The molecule has 0 radical (unpaired) electrons. The highest BCUT2D eigenvalue weighted by Gasteiger charge is 2.69. The van der Waals surface area contributed by atoms with Gasteiger partial charge in [-0.05, 0) is 18.3 Å². The Labute approximate surface area is 89.0 Å². The minimum absolute atomic E-state index is 0.304. The van der Waals surface area contributed by atoms with Gasteiger partial charge in [0, 0.05) is 23.2 Å². The summed E-state index contributed by atoms with van der Waals surface area (Å²) >= 11 is 0.